The van der Waals surface area contributed by atoms with Crippen molar-refractivity contribution in [1.82, 2.24) is 9.80 Å². The Morgan fingerprint density at radius 1 is 1.14 bits per heavy atom. The number of carbonyl (C=O) groups excluding carboxylic acids is 1. The lowest BCUT2D eigenvalue weighted by molar-refractivity contribution is -0.180. The predicted molar refractivity (Wildman–Crippen MR) is 82.4 cm³/mol. The van der Waals surface area contributed by atoms with Crippen LogP contribution >= 0.6 is 0 Å². The molecule has 3 heterocycles. The van der Waals surface area contributed by atoms with E-state index in [0.717, 1.165) is 71.4 Å². The van der Waals surface area contributed by atoms with Crippen molar-refractivity contribution < 1.29 is 14.6 Å². The van der Waals surface area contributed by atoms with Gasteiger partial charge in [0, 0.05) is 31.6 Å². The SMILES string of the molecule is O=C(C1CCC1)N1C2CCC(O)(CC2)C1CN1CCOCC1. The third kappa shape index (κ3) is 2.47. The fraction of sp³-hybridized carbons (Fsp3) is 0.941. The molecule has 0 aromatic carbocycles. The first kappa shape index (κ1) is 14.9. The van der Waals surface area contributed by atoms with Gasteiger partial charge in [-0.3, -0.25) is 9.69 Å². The molecule has 3 saturated heterocycles. The minimum atomic E-state index is -0.660. The van der Waals surface area contributed by atoms with Gasteiger partial charge in [-0.25, -0.2) is 0 Å². The average molecular weight is 308 g/mol. The number of rotatable bonds is 3. The van der Waals surface area contributed by atoms with Gasteiger partial charge < -0.3 is 14.7 Å². The third-order valence-electron chi connectivity index (χ3n) is 6.41. The number of ether oxygens (including phenoxy) is 1. The first-order valence-corrected chi connectivity index (χ1v) is 9.02. The number of morpholine rings is 1. The van der Waals surface area contributed by atoms with Crippen molar-refractivity contribution >= 4 is 5.91 Å². The van der Waals surface area contributed by atoms with Crippen LogP contribution in [0.4, 0.5) is 0 Å². The maximum Gasteiger partial charge on any atom is 0.226 e. The van der Waals surface area contributed by atoms with Crippen LogP contribution in [0.2, 0.25) is 0 Å². The van der Waals surface area contributed by atoms with Gasteiger partial charge in [-0.1, -0.05) is 6.42 Å². The number of amides is 1. The molecule has 5 nitrogen and oxygen atoms in total. The number of hydrogen-bond acceptors (Lipinski definition) is 4. The molecule has 0 spiro atoms. The Labute approximate surface area is 132 Å². The van der Waals surface area contributed by atoms with Crippen molar-refractivity contribution in [2.75, 3.05) is 32.8 Å². The summed E-state index contributed by atoms with van der Waals surface area (Å²) in [5, 5.41) is 11.1. The molecule has 22 heavy (non-hydrogen) atoms. The standard InChI is InChI=1S/C17H28N2O3/c20-16(13-2-1-3-13)19-14-4-6-17(21,7-5-14)15(19)12-18-8-10-22-11-9-18/h13-15,21H,1-12H2. The summed E-state index contributed by atoms with van der Waals surface area (Å²) in [7, 11) is 0. The van der Waals surface area contributed by atoms with Crippen molar-refractivity contribution in [2.45, 2.75) is 62.6 Å². The van der Waals surface area contributed by atoms with Crippen LogP contribution in [0.1, 0.15) is 44.9 Å². The monoisotopic (exact) mass is 308 g/mol. The summed E-state index contributed by atoms with van der Waals surface area (Å²) in [6.07, 6.45) is 6.97. The van der Waals surface area contributed by atoms with Gasteiger partial charge in [0.05, 0.1) is 24.9 Å². The highest BCUT2D eigenvalue weighted by Crippen LogP contribution is 2.45. The molecule has 5 fully saturated rings. The summed E-state index contributed by atoms with van der Waals surface area (Å²) >= 11 is 0. The van der Waals surface area contributed by atoms with Gasteiger partial charge in [-0.2, -0.15) is 0 Å². The average Bonchev–Trinajstić information content (AvgIpc) is 2.47. The van der Waals surface area contributed by atoms with Crippen LogP contribution in [0.3, 0.4) is 0 Å². The fourth-order valence-electron chi connectivity index (χ4n) is 4.71. The molecule has 1 amide bonds. The summed E-state index contributed by atoms with van der Waals surface area (Å²) in [6, 6.07) is 0.361. The lowest BCUT2D eigenvalue weighted by atomic mass is 9.69. The second kappa shape index (κ2) is 5.77. The first-order valence-electron chi connectivity index (χ1n) is 9.02. The molecule has 1 atom stereocenters. The van der Waals surface area contributed by atoms with Crippen LogP contribution in [0, 0.1) is 5.92 Å². The van der Waals surface area contributed by atoms with Crippen LogP contribution < -0.4 is 0 Å². The molecule has 2 aliphatic carbocycles. The second-order valence-electron chi connectivity index (χ2n) is 7.64. The third-order valence-corrected chi connectivity index (χ3v) is 6.41. The van der Waals surface area contributed by atoms with Gasteiger partial charge in [0.15, 0.2) is 0 Å². The van der Waals surface area contributed by atoms with E-state index in [1.165, 1.54) is 6.42 Å². The summed E-state index contributed by atoms with van der Waals surface area (Å²) in [4.78, 5) is 17.4. The van der Waals surface area contributed by atoms with Crippen molar-refractivity contribution in [3.05, 3.63) is 0 Å². The fourth-order valence-corrected chi connectivity index (χ4v) is 4.71. The maximum atomic E-state index is 12.9. The number of hydrogen-bond donors (Lipinski definition) is 1. The molecular weight excluding hydrogens is 280 g/mol. The topological polar surface area (TPSA) is 53.0 Å². The van der Waals surface area contributed by atoms with E-state index in [9.17, 15) is 9.90 Å². The van der Waals surface area contributed by atoms with Crippen molar-refractivity contribution in [3.8, 4) is 0 Å². The van der Waals surface area contributed by atoms with Crippen molar-refractivity contribution in [1.29, 1.82) is 0 Å². The Bertz CT molecular complexity index is 424. The lowest BCUT2D eigenvalue weighted by Gasteiger charge is -2.58. The molecule has 5 aliphatic rings. The van der Waals surface area contributed by atoms with Gasteiger partial charge in [0.25, 0.3) is 0 Å². The Morgan fingerprint density at radius 2 is 1.82 bits per heavy atom. The Morgan fingerprint density at radius 3 is 2.41 bits per heavy atom. The molecule has 0 aromatic rings. The Hall–Kier alpha value is -0.650. The van der Waals surface area contributed by atoms with E-state index < -0.39 is 5.60 Å². The van der Waals surface area contributed by atoms with Crippen molar-refractivity contribution in [2.24, 2.45) is 5.92 Å². The van der Waals surface area contributed by atoms with Gasteiger partial charge in [0.2, 0.25) is 5.91 Å². The molecule has 0 aromatic heterocycles. The smallest absolute Gasteiger partial charge is 0.226 e. The van der Waals surface area contributed by atoms with E-state index >= 15 is 0 Å². The van der Waals surface area contributed by atoms with Gasteiger partial charge in [0.1, 0.15) is 0 Å². The number of fused-ring (bicyclic) bond motifs is 3. The highest BCUT2D eigenvalue weighted by Gasteiger charge is 2.54. The van der Waals surface area contributed by atoms with Crippen molar-refractivity contribution in [3.63, 3.8) is 0 Å². The summed E-state index contributed by atoms with van der Waals surface area (Å²) in [5.74, 6) is 0.558. The minimum Gasteiger partial charge on any atom is -0.388 e. The summed E-state index contributed by atoms with van der Waals surface area (Å²) in [6.45, 7) is 4.19. The van der Waals surface area contributed by atoms with Gasteiger partial charge >= 0.3 is 0 Å². The molecular formula is C17H28N2O3. The van der Waals surface area contributed by atoms with Crippen LogP contribution in [0.15, 0.2) is 0 Å². The largest absolute Gasteiger partial charge is 0.388 e. The highest BCUT2D eigenvalue weighted by atomic mass is 16.5. The Balaban J connectivity index is 1.54. The molecule has 0 radical (unpaired) electrons. The van der Waals surface area contributed by atoms with E-state index in [4.69, 9.17) is 4.74 Å². The number of aliphatic hydroxyl groups is 1. The van der Waals surface area contributed by atoms with Crippen LogP contribution in [0.5, 0.6) is 0 Å². The van der Waals surface area contributed by atoms with Crippen LogP contribution in [-0.4, -0.2) is 71.3 Å². The van der Waals surface area contributed by atoms with E-state index in [2.05, 4.69) is 9.80 Å². The first-order chi connectivity index (χ1) is 10.7. The normalized spacial score (nSPS) is 39.8. The minimum absolute atomic E-state index is 0.00815. The molecule has 124 valence electrons. The second-order valence-corrected chi connectivity index (χ2v) is 7.64. The zero-order valence-electron chi connectivity index (χ0n) is 13.4. The zero-order valence-corrected chi connectivity index (χ0v) is 13.4. The Kier molecular flexibility index (Phi) is 3.91. The van der Waals surface area contributed by atoms with E-state index in [1.54, 1.807) is 0 Å². The predicted octanol–water partition coefficient (Wildman–Crippen LogP) is 1.00. The highest BCUT2D eigenvalue weighted by molar-refractivity contribution is 5.80. The molecule has 5 heteroatoms. The van der Waals surface area contributed by atoms with E-state index in [1.807, 2.05) is 0 Å². The molecule has 1 unspecified atom stereocenters. The van der Waals surface area contributed by atoms with Gasteiger partial charge in [-0.15, -0.1) is 0 Å². The zero-order chi connectivity index (χ0) is 15.2. The van der Waals surface area contributed by atoms with Crippen LogP contribution in [0.25, 0.3) is 0 Å². The number of carbonyl (C=O) groups is 1. The lowest BCUT2D eigenvalue weighted by Crippen LogP contribution is -2.70. The van der Waals surface area contributed by atoms with E-state index in [-0.39, 0.29) is 12.0 Å². The maximum absolute atomic E-state index is 12.9. The van der Waals surface area contributed by atoms with Gasteiger partial charge in [-0.05, 0) is 38.5 Å². The number of piperidine rings is 2. The van der Waals surface area contributed by atoms with Crippen LogP contribution in [-0.2, 0) is 9.53 Å². The summed E-state index contributed by atoms with van der Waals surface area (Å²) < 4.78 is 5.43. The van der Waals surface area contributed by atoms with E-state index in [0.29, 0.717) is 11.9 Å². The molecule has 2 bridgehead atoms. The molecule has 1 N–H and O–H groups in total. The quantitative estimate of drug-likeness (QED) is 0.845. The molecule has 3 aliphatic heterocycles. The number of nitrogens with zero attached hydrogens (tertiary/aromatic N) is 2. The summed E-state index contributed by atoms with van der Waals surface area (Å²) in [5.41, 5.74) is -0.660. The molecule has 2 saturated carbocycles. The molecule has 5 rings (SSSR count).